The molecule has 0 bridgehead atoms. The summed E-state index contributed by atoms with van der Waals surface area (Å²) < 4.78 is 1.16. The van der Waals surface area contributed by atoms with E-state index in [2.05, 4.69) is 43.1 Å². The molecule has 0 radical (unpaired) electrons. The standard InChI is InChI=1S/C20H22N2OS2/c1-13-9-10-16(11-14(13)2)24-12-19(23)22(4)15(3)20-21-17-7-5-6-8-18(17)25-20/h5-11,15H,12H2,1-4H3/t15-/m0/s1. The van der Waals surface area contributed by atoms with Crippen LogP contribution in [0.4, 0.5) is 0 Å². The molecule has 5 heteroatoms. The van der Waals surface area contributed by atoms with E-state index in [1.165, 1.54) is 11.1 Å². The third-order valence-electron chi connectivity index (χ3n) is 4.48. The number of benzene rings is 2. The first-order chi connectivity index (χ1) is 12.0. The minimum Gasteiger partial charge on any atom is -0.336 e. The fourth-order valence-electron chi connectivity index (χ4n) is 2.50. The molecule has 1 aromatic heterocycles. The van der Waals surface area contributed by atoms with Gasteiger partial charge in [0, 0.05) is 11.9 Å². The van der Waals surface area contributed by atoms with Crippen LogP contribution in [0.1, 0.15) is 29.1 Å². The number of fused-ring (bicyclic) bond motifs is 1. The van der Waals surface area contributed by atoms with E-state index in [4.69, 9.17) is 0 Å². The summed E-state index contributed by atoms with van der Waals surface area (Å²) in [6, 6.07) is 14.4. The highest BCUT2D eigenvalue weighted by Crippen LogP contribution is 2.29. The number of amides is 1. The molecule has 3 rings (SSSR count). The van der Waals surface area contributed by atoms with Crippen LogP contribution in [0.2, 0.25) is 0 Å². The van der Waals surface area contributed by atoms with Crippen LogP contribution in [-0.4, -0.2) is 28.6 Å². The molecule has 0 fully saturated rings. The lowest BCUT2D eigenvalue weighted by Gasteiger charge is -2.23. The summed E-state index contributed by atoms with van der Waals surface area (Å²) in [4.78, 5) is 20.2. The predicted octanol–water partition coefficient (Wildman–Crippen LogP) is 5.22. The molecule has 1 amide bonds. The van der Waals surface area contributed by atoms with Crippen LogP contribution in [0.15, 0.2) is 47.4 Å². The number of carbonyl (C=O) groups is 1. The van der Waals surface area contributed by atoms with E-state index in [1.807, 2.05) is 32.2 Å². The van der Waals surface area contributed by atoms with Crippen molar-refractivity contribution in [3.05, 3.63) is 58.6 Å². The normalized spacial score (nSPS) is 12.3. The maximum Gasteiger partial charge on any atom is 0.233 e. The summed E-state index contributed by atoms with van der Waals surface area (Å²) in [6.07, 6.45) is 0. The Hall–Kier alpha value is -1.85. The van der Waals surface area contributed by atoms with Crippen molar-refractivity contribution in [3.63, 3.8) is 0 Å². The lowest BCUT2D eigenvalue weighted by molar-refractivity contribution is -0.128. The Balaban J connectivity index is 1.65. The van der Waals surface area contributed by atoms with Gasteiger partial charge in [-0.1, -0.05) is 18.2 Å². The molecule has 0 aliphatic rings. The third kappa shape index (κ3) is 4.05. The number of rotatable bonds is 5. The summed E-state index contributed by atoms with van der Waals surface area (Å²) in [5.74, 6) is 0.559. The monoisotopic (exact) mass is 370 g/mol. The zero-order valence-electron chi connectivity index (χ0n) is 14.9. The van der Waals surface area contributed by atoms with E-state index >= 15 is 0 Å². The Bertz CT molecular complexity index is 871. The highest BCUT2D eigenvalue weighted by Gasteiger charge is 2.20. The molecular formula is C20H22N2OS2. The molecule has 0 aliphatic heterocycles. The van der Waals surface area contributed by atoms with Gasteiger partial charge in [-0.3, -0.25) is 4.79 Å². The van der Waals surface area contributed by atoms with Crippen molar-refractivity contribution in [2.45, 2.75) is 31.7 Å². The predicted molar refractivity (Wildman–Crippen MR) is 107 cm³/mol. The number of aromatic nitrogens is 1. The molecule has 25 heavy (non-hydrogen) atoms. The van der Waals surface area contributed by atoms with E-state index in [9.17, 15) is 4.79 Å². The summed E-state index contributed by atoms with van der Waals surface area (Å²) in [5, 5.41) is 0.980. The van der Waals surface area contributed by atoms with Gasteiger partial charge in [-0.25, -0.2) is 4.98 Å². The average molecular weight is 371 g/mol. The molecule has 130 valence electrons. The molecule has 3 nitrogen and oxygen atoms in total. The number of aryl methyl sites for hydroxylation is 2. The third-order valence-corrected chi connectivity index (χ3v) is 6.67. The number of hydrogen-bond donors (Lipinski definition) is 0. The minimum absolute atomic E-state index is 0.0229. The first-order valence-corrected chi connectivity index (χ1v) is 10.1. The van der Waals surface area contributed by atoms with E-state index in [-0.39, 0.29) is 11.9 Å². The van der Waals surface area contributed by atoms with Crippen LogP contribution in [-0.2, 0) is 4.79 Å². The fourth-order valence-corrected chi connectivity index (χ4v) is 4.48. The van der Waals surface area contributed by atoms with Gasteiger partial charge in [0.05, 0.1) is 22.0 Å². The first kappa shape index (κ1) is 18.0. The van der Waals surface area contributed by atoms with Gasteiger partial charge in [-0.15, -0.1) is 23.1 Å². The maximum absolute atomic E-state index is 12.6. The van der Waals surface area contributed by atoms with Gasteiger partial charge in [0.1, 0.15) is 5.01 Å². The number of hydrogen-bond acceptors (Lipinski definition) is 4. The van der Waals surface area contributed by atoms with Crippen molar-refractivity contribution in [2.75, 3.05) is 12.8 Å². The van der Waals surface area contributed by atoms with Gasteiger partial charge < -0.3 is 4.90 Å². The smallest absolute Gasteiger partial charge is 0.233 e. The highest BCUT2D eigenvalue weighted by molar-refractivity contribution is 8.00. The summed E-state index contributed by atoms with van der Waals surface area (Å²) in [5.41, 5.74) is 3.53. The Morgan fingerprint density at radius 3 is 2.68 bits per heavy atom. The van der Waals surface area contributed by atoms with Gasteiger partial charge in [0.25, 0.3) is 0 Å². The second kappa shape index (κ2) is 7.58. The zero-order valence-corrected chi connectivity index (χ0v) is 16.6. The molecular weight excluding hydrogens is 348 g/mol. The van der Waals surface area contributed by atoms with Gasteiger partial charge >= 0.3 is 0 Å². The number of para-hydroxylation sites is 1. The first-order valence-electron chi connectivity index (χ1n) is 8.27. The van der Waals surface area contributed by atoms with Crippen LogP contribution in [0.25, 0.3) is 10.2 Å². The maximum atomic E-state index is 12.6. The summed E-state index contributed by atoms with van der Waals surface area (Å²) in [6.45, 7) is 6.24. The molecule has 2 aromatic carbocycles. The van der Waals surface area contributed by atoms with E-state index < -0.39 is 0 Å². The average Bonchev–Trinajstić information content (AvgIpc) is 3.05. The van der Waals surface area contributed by atoms with Crippen molar-refractivity contribution < 1.29 is 4.79 Å². The SMILES string of the molecule is Cc1ccc(SCC(=O)N(C)[C@@H](C)c2nc3ccccc3s2)cc1C. The van der Waals surface area contributed by atoms with Crippen LogP contribution in [0, 0.1) is 13.8 Å². The highest BCUT2D eigenvalue weighted by atomic mass is 32.2. The molecule has 3 aromatic rings. The van der Waals surface area contributed by atoms with Crippen LogP contribution in [0.3, 0.4) is 0 Å². The van der Waals surface area contributed by atoms with Crippen molar-refractivity contribution in [3.8, 4) is 0 Å². The van der Waals surface area contributed by atoms with Crippen LogP contribution < -0.4 is 0 Å². The van der Waals surface area contributed by atoms with Gasteiger partial charge in [-0.05, 0) is 56.2 Å². The number of thiazole rings is 1. The van der Waals surface area contributed by atoms with Crippen molar-refractivity contribution in [2.24, 2.45) is 0 Å². The second-order valence-electron chi connectivity index (χ2n) is 6.24. The van der Waals surface area contributed by atoms with Crippen molar-refractivity contribution >= 4 is 39.2 Å². The lowest BCUT2D eigenvalue weighted by Crippen LogP contribution is -2.31. The molecule has 1 atom stereocenters. The Morgan fingerprint density at radius 1 is 1.20 bits per heavy atom. The fraction of sp³-hybridized carbons (Fsp3) is 0.300. The quantitative estimate of drug-likeness (QED) is 0.577. The molecule has 0 saturated carbocycles. The number of carbonyl (C=O) groups excluding carboxylic acids is 1. The Kier molecular flexibility index (Phi) is 5.45. The van der Waals surface area contributed by atoms with Crippen LogP contribution in [0.5, 0.6) is 0 Å². The summed E-state index contributed by atoms with van der Waals surface area (Å²) in [7, 11) is 1.86. The zero-order chi connectivity index (χ0) is 18.0. The van der Waals surface area contributed by atoms with Gasteiger partial charge in [0.15, 0.2) is 0 Å². The largest absolute Gasteiger partial charge is 0.336 e. The number of nitrogens with zero attached hydrogens (tertiary/aromatic N) is 2. The minimum atomic E-state index is -0.0229. The second-order valence-corrected chi connectivity index (χ2v) is 8.35. The van der Waals surface area contributed by atoms with E-state index in [0.29, 0.717) is 5.75 Å². The molecule has 0 spiro atoms. The molecule has 1 heterocycles. The molecule has 0 N–H and O–H groups in total. The Morgan fingerprint density at radius 2 is 1.96 bits per heavy atom. The van der Waals surface area contributed by atoms with Crippen molar-refractivity contribution in [1.29, 1.82) is 0 Å². The van der Waals surface area contributed by atoms with Gasteiger partial charge in [-0.2, -0.15) is 0 Å². The van der Waals surface area contributed by atoms with Gasteiger partial charge in [0.2, 0.25) is 5.91 Å². The molecule has 0 aliphatic carbocycles. The van der Waals surface area contributed by atoms with E-state index in [1.54, 1.807) is 28.0 Å². The molecule has 0 unspecified atom stereocenters. The lowest BCUT2D eigenvalue weighted by atomic mass is 10.1. The Labute approximate surface area is 157 Å². The molecule has 0 saturated heterocycles. The number of thioether (sulfide) groups is 1. The topological polar surface area (TPSA) is 33.2 Å². The van der Waals surface area contributed by atoms with Crippen LogP contribution >= 0.6 is 23.1 Å². The van der Waals surface area contributed by atoms with E-state index in [0.717, 1.165) is 20.1 Å². The van der Waals surface area contributed by atoms with Crippen molar-refractivity contribution in [1.82, 2.24) is 9.88 Å². The summed E-state index contributed by atoms with van der Waals surface area (Å²) >= 11 is 3.25.